The van der Waals surface area contributed by atoms with Gasteiger partial charge in [-0.2, -0.15) is 4.31 Å². The molecule has 0 radical (unpaired) electrons. The molecule has 0 atom stereocenters. The van der Waals surface area contributed by atoms with Gasteiger partial charge in [-0.3, -0.25) is 0 Å². The number of nitrogens with one attached hydrogen (secondary N) is 1. The molecule has 2 aromatic rings. The minimum atomic E-state index is -3.37. The van der Waals surface area contributed by atoms with Gasteiger partial charge in [-0.05, 0) is 31.2 Å². The third kappa shape index (κ3) is 3.95. The molecule has 124 valence electrons. The van der Waals surface area contributed by atoms with Crippen LogP contribution in [0.1, 0.15) is 10.4 Å². The van der Waals surface area contributed by atoms with Crippen LogP contribution in [0.3, 0.4) is 0 Å². The summed E-state index contributed by atoms with van der Waals surface area (Å²) in [6.45, 7) is 5.63. The van der Waals surface area contributed by atoms with Gasteiger partial charge in [0.2, 0.25) is 10.0 Å². The Labute approximate surface area is 146 Å². The summed E-state index contributed by atoms with van der Waals surface area (Å²) in [5, 5.41) is 0. The van der Waals surface area contributed by atoms with Gasteiger partial charge in [-0.25, -0.2) is 8.42 Å². The van der Waals surface area contributed by atoms with Crippen molar-refractivity contribution in [1.82, 2.24) is 4.31 Å². The fourth-order valence-corrected chi connectivity index (χ4v) is 5.37. The van der Waals surface area contributed by atoms with Crippen molar-refractivity contribution in [2.75, 3.05) is 26.2 Å². The van der Waals surface area contributed by atoms with Crippen LogP contribution < -0.4 is 4.90 Å². The highest BCUT2D eigenvalue weighted by molar-refractivity contribution is 7.89. The highest BCUT2D eigenvalue weighted by Gasteiger charge is 2.30. The number of quaternary nitrogens is 1. The van der Waals surface area contributed by atoms with Gasteiger partial charge < -0.3 is 4.90 Å². The number of hydrogen-bond acceptors (Lipinski definition) is 3. The molecule has 7 heteroatoms. The number of halogens is 1. The molecule has 1 saturated heterocycles. The summed E-state index contributed by atoms with van der Waals surface area (Å²) in [6.07, 6.45) is 0. The molecule has 0 bridgehead atoms. The number of piperazine rings is 1. The second-order valence-electron chi connectivity index (χ2n) is 5.85. The Kier molecular flexibility index (Phi) is 5.08. The average Bonchev–Trinajstić information content (AvgIpc) is 2.93. The van der Waals surface area contributed by atoms with Crippen LogP contribution in [0, 0.1) is 6.92 Å². The predicted octanol–water partition coefficient (Wildman–Crippen LogP) is 1.80. The number of hydrogen-bond donors (Lipinski definition) is 1. The van der Waals surface area contributed by atoms with Gasteiger partial charge >= 0.3 is 0 Å². The van der Waals surface area contributed by atoms with E-state index in [4.69, 9.17) is 11.6 Å². The van der Waals surface area contributed by atoms with Crippen molar-refractivity contribution in [3.05, 3.63) is 51.2 Å². The Morgan fingerprint density at radius 2 is 1.78 bits per heavy atom. The molecule has 1 aromatic carbocycles. The lowest BCUT2D eigenvalue weighted by atomic mass is 10.2. The molecule has 23 heavy (non-hydrogen) atoms. The molecule has 0 amide bonds. The van der Waals surface area contributed by atoms with Crippen LogP contribution in [0.5, 0.6) is 0 Å². The van der Waals surface area contributed by atoms with Gasteiger partial charge in [0.1, 0.15) is 6.54 Å². The first-order valence-corrected chi connectivity index (χ1v) is 10.2. The van der Waals surface area contributed by atoms with Gasteiger partial charge in [0.15, 0.2) is 0 Å². The number of aryl methyl sites for hydroxylation is 1. The molecule has 4 nitrogen and oxygen atoms in total. The van der Waals surface area contributed by atoms with E-state index in [2.05, 4.69) is 6.07 Å². The van der Waals surface area contributed by atoms with Crippen molar-refractivity contribution in [3.8, 4) is 0 Å². The molecule has 0 saturated carbocycles. The molecule has 1 aliphatic rings. The maximum Gasteiger partial charge on any atom is 0.243 e. The number of rotatable bonds is 4. The molecule has 1 aliphatic heterocycles. The monoisotopic (exact) mass is 371 g/mol. The van der Waals surface area contributed by atoms with Crippen molar-refractivity contribution in [2.45, 2.75) is 18.4 Å². The summed E-state index contributed by atoms with van der Waals surface area (Å²) in [6, 6.07) is 11.0. The molecule has 1 aromatic heterocycles. The Morgan fingerprint density at radius 3 is 2.35 bits per heavy atom. The fourth-order valence-electron chi connectivity index (χ4n) is 2.77. The van der Waals surface area contributed by atoms with Crippen LogP contribution in [-0.2, 0) is 16.6 Å². The van der Waals surface area contributed by atoms with Gasteiger partial charge in [0, 0.05) is 0 Å². The zero-order valence-electron chi connectivity index (χ0n) is 13.0. The van der Waals surface area contributed by atoms with Gasteiger partial charge in [-0.15, -0.1) is 11.3 Å². The van der Waals surface area contributed by atoms with Crippen LogP contribution >= 0.6 is 22.9 Å². The van der Waals surface area contributed by atoms with E-state index in [0.717, 1.165) is 29.5 Å². The molecule has 1 N–H and O–H groups in total. The number of sulfonamides is 1. The SMILES string of the molecule is Cc1ccc(S(=O)(=O)N2CC[NH+](Cc3ccc(Cl)s3)CC2)cc1. The average molecular weight is 372 g/mol. The normalized spacial score (nSPS) is 17.5. The van der Waals surface area contributed by atoms with Gasteiger partial charge in [0.25, 0.3) is 0 Å². The topological polar surface area (TPSA) is 41.8 Å². The number of thiophene rings is 1. The third-order valence-electron chi connectivity index (χ3n) is 4.14. The standard InChI is InChI=1S/C16H19ClN2O2S2/c1-13-2-5-15(6-3-13)23(20,21)19-10-8-18(9-11-19)12-14-4-7-16(17)22-14/h2-7H,8-12H2,1H3/p+1. The number of nitrogens with zero attached hydrogens (tertiary/aromatic N) is 1. The lowest BCUT2D eigenvalue weighted by Crippen LogP contribution is -3.13. The smallest absolute Gasteiger partial charge is 0.243 e. The maximum atomic E-state index is 12.7. The Morgan fingerprint density at radius 1 is 1.13 bits per heavy atom. The van der Waals surface area contributed by atoms with Gasteiger partial charge in [-0.1, -0.05) is 29.3 Å². The first kappa shape index (κ1) is 16.9. The molecule has 1 fully saturated rings. The van der Waals surface area contributed by atoms with E-state index in [1.54, 1.807) is 27.8 Å². The van der Waals surface area contributed by atoms with E-state index in [1.807, 2.05) is 25.1 Å². The summed E-state index contributed by atoms with van der Waals surface area (Å²) in [4.78, 5) is 3.04. The highest BCUT2D eigenvalue weighted by atomic mass is 35.5. The summed E-state index contributed by atoms with van der Waals surface area (Å²) in [5.41, 5.74) is 1.06. The first-order chi connectivity index (χ1) is 10.9. The summed E-state index contributed by atoms with van der Waals surface area (Å²) in [7, 11) is -3.37. The Hall–Kier alpha value is -0.920. The molecular formula is C16H20ClN2O2S2+. The van der Waals surface area contributed by atoms with E-state index < -0.39 is 10.0 Å². The maximum absolute atomic E-state index is 12.7. The van der Waals surface area contributed by atoms with Crippen LogP contribution in [0.15, 0.2) is 41.3 Å². The summed E-state index contributed by atoms with van der Waals surface area (Å²) >= 11 is 7.56. The van der Waals surface area contributed by atoms with Crippen LogP contribution in [-0.4, -0.2) is 38.9 Å². The van der Waals surface area contributed by atoms with Crippen molar-refractivity contribution in [1.29, 1.82) is 0 Å². The van der Waals surface area contributed by atoms with E-state index in [-0.39, 0.29) is 0 Å². The van der Waals surface area contributed by atoms with Crippen LogP contribution in [0.4, 0.5) is 0 Å². The molecule has 0 aliphatic carbocycles. The van der Waals surface area contributed by atoms with Crippen molar-refractivity contribution >= 4 is 33.0 Å². The van der Waals surface area contributed by atoms with Crippen molar-refractivity contribution in [2.24, 2.45) is 0 Å². The van der Waals surface area contributed by atoms with Crippen LogP contribution in [0.25, 0.3) is 0 Å². The molecule has 2 heterocycles. The van der Waals surface area contributed by atoms with E-state index in [1.165, 1.54) is 9.78 Å². The second-order valence-corrected chi connectivity index (χ2v) is 9.59. The predicted molar refractivity (Wildman–Crippen MR) is 93.7 cm³/mol. The zero-order valence-corrected chi connectivity index (χ0v) is 15.3. The quantitative estimate of drug-likeness (QED) is 0.890. The number of benzene rings is 1. The minimum absolute atomic E-state index is 0.386. The molecular weight excluding hydrogens is 352 g/mol. The first-order valence-electron chi connectivity index (χ1n) is 7.60. The molecule has 0 unspecified atom stereocenters. The summed E-state index contributed by atoms with van der Waals surface area (Å²) in [5.74, 6) is 0. The highest BCUT2D eigenvalue weighted by Crippen LogP contribution is 2.21. The molecule has 3 rings (SSSR count). The fraction of sp³-hybridized carbons (Fsp3) is 0.375. The third-order valence-corrected chi connectivity index (χ3v) is 7.29. The zero-order chi connectivity index (χ0) is 16.4. The Balaban J connectivity index is 1.62. The lowest BCUT2D eigenvalue weighted by Gasteiger charge is -2.31. The minimum Gasteiger partial charge on any atom is -0.328 e. The second kappa shape index (κ2) is 6.91. The van der Waals surface area contributed by atoms with Crippen LogP contribution in [0.2, 0.25) is 4.34 Å². The van der Waals surface area contributed by atoms with E-state index >= 15 is 0 Å². The Bertz CT molecular complexity index is 764. The summed E-state index contributed by atoms with van der Waals surface area (Å²) < 4.78 is 27.7. The largest absolute Gasteiger partial charge is 0.328 e. The van der Waals surface area contributed by atoms with Crippen molar-refractivity contribution < 1.29 is 13.3 Å². The van der Waals surface area contributed by atoms with E-state index in [0.29, 0.717) is 18.0 Å². The lowest BCUT2D eigenvalue weighted by molar-refractivity contribution is -0.917. The van der Waals surface area contributed by atoms with E-state index in [9.17, 15) is 8.42 Å². The molecule has 0 spiro atoms. The van der Waals surface area contributed by atoms with Crippen molar-refractivity contribution in [3.63, 3.8) is 0 Å². The van der Waals surface area contributed by atoms with Gasteiger partial charge in [0.05, 0.1) is 40.3 Å².